The van der Waals surface area contributed by atoms with Gasteiger partial charge >= 0.3 is 6.03 Å². The van der Waals surface area contributed by atoms with Gasteiger partial charge in [0.2, 0.25) is 0 Å². The summed E-state index contributed by atoms with van der Waals surface area (Å²) in [6, 6.07) is 11.0. The van der Waals surface area contributed by atoms with E-state index in [1.807, 2.05) is 30.3 Å². The van der Waals surface area contributed by atoms with Gasteiger partial charge in [-0.15, -0.1) is 0 Å². The Kier molecular flexibility index (Phi) is 4.57. The van der Waals surface area contributed by atoms with Crippen LogP contribution in [0.15, 0.2) is 40.8 Å². The highest BCUT2D eigenvalue weighted by Crippen LogP contribution is 2.36. The van der Waals surface area contributed by atoms with Crippen LogP contribution in [0.3, 0.4) is 0 Å². The molecule has 2 amide bonds. The highest BCUT2D eigenvalue weighted by molar-refractivity contribution is 6.07. The average Bonchev–Trinajstić information content (AvgIpc) is 2.91. The molecule has 3 aromatic rings. The van der Waals surface area contributed by atoms with Gasteiger partial charge in [0.05, 0.1) is 18.9 Å². The summed E-state index contributed by atoms with van der Waals surface area (Å²) in [7, 11) is 1.56. The van der Waals surface area contributed by atoms with Crippen LogP contribution in [0, 0.1) is 0 Å². The minimum Gasteiger partial charge on any atom is -0.495 e. The molecule has 1 aromatic heterocycles. The maximum absolute atomic E-state index is 12.0. The molecule has 126 valence electrons. The fraction of sp³-hybridized carbons (Fsp3) is 0.278. The van der Waals surface area contributed by atoms with E-state index >= 15 is 0 Å². The van der Waals surface area contributed by atoms with Crippen molar-refractivity contribution in [3.8, 4) is 5.75 Å². The van der Waals surface area contributed by atoms with Gasteiger partial charge in [0.1, 0.15) is 16.9 Å². The molecule has 0 bridgehead atoms. The van der Waals surface area contributed by atoms with Gasteiger partial charge in [0.25, 0.3) is 0 Å². The van der Waals surface area contributed by atoms with Gasteiger partial charge in [-0.2, -0.15) is 0 Å². The number of hydrogen-bond donors (Lipinski definition) is 3. The lowest BCUT2D eigenvalue weighted by molar-refractivity contribution is 0.184. The Morgan fingerprint density at radius 1 is 1.25 bits per heavy atom. The van der Waals surface area contributed by atoms with E-state index in [0.717, 1.165) is 16.4 Å². The van der Waals surface area contributed by atoms with E-state index in [2.05, 4.69) is 10.6 Å². The van der Waals surface area contributed by atoms with Crippen LogP contribution in [0.4, 0.5) is 10.5 Å². The second kappa shape index (κ2) is 6.80. The van der Waals surface area contributed by atoms with Crippen LogP contribution in [-0.2, 0) is 0 Å². The van der Waals surface area contributed by atoms with Gasteiger partial charge in [0.15, 0.2) is 0 Å². The van der Waals surface area contributed by atoms with E-state index in [0.29, 0.717) is 30.0 Å². The van der Waals surface area contributed by atoms with Gasteiger partial charge in [-0.3, -0.25) is 0 Å². The maximum atomic E-state index is 12.0. The summed E-state index contributed by atoms with van der Waals surface area (Å²) < 4.78 is 11.2. The second-order valence-corrected chi connectivity index (χ2v) is 5.67. The van der Waals surface area contributed by atoms with Crippen molar-refractivity contribution in [1.29, 1.82) is 0 Å². The zero-order valence-electron chi connectivity index (χ0n) is 13.6. The van der Waals surface area contributed by atoms with Gasteiger partial charge in [-0.25, -0.2) is 4.79 Å². The Hall–Kier alpha value is -2.73. The predicted molar refractivity (Wildman–Crippen MR) is 93.6 cm³/mol. The molecule has 0 saturated heterocycles. The van der Waals surface area contributed by atoms with Crippen molar-refractivity contribution >= 4 is 33.7 Å². The fourth-order valence-corrected chi connectivity index (χ4v) is 2.58. The topological polar surface area (TPSA) is 83.7 Å². The third-order valence-electron chi connectivity index (χ3n) is 3.79. The van der Waals surface area contributed by atoms with E-state index in [9.17, 15) is 9.90 Å². The normalized spacial score (nSPS) is 12.3. The summed E-state index contributed by atoms with van der Waals surface area (Å²) in [5.74, 6) is 0.555. The van der Waals surface area contributed by atoms with Crippen LogP contribution in [0.1, 0.15) is 13.3 Å². The Bertz CT molecular complexity index is 870. The van der Waals surface area contributed by atoms with Gasteiger partial charge in [0, 0.05) is 23.4 Å². The van der Waals surface area contributed by atoms with Gasteiger partial charge in [-0.05, 0) is 25.5 Å². The molecule has 6 heteroatoms. The summed E-state index contributed by atoms with van der Waals surface area (Å²) in [5, 5.41) is 16.6. The number of aliphatic hydroxyl groups excluding tert-OH is 1. The van der Waals surface area contributed by atoms with E-state index in [1.165, 1.54) is 0 Å². The van der Waals surface area contributed by atoms with E-state index in [1.54, 1.807) is 20.1 Å². The van der Waals surface area contributed by atoms with Crippen molar-refractivity contribution in [2.45, 2.75) is 19.4 Å². The van der Waals surface area contributed by atoms with Crippen molar-refractivity contribution in [3.05, 3.63) is 36.4 Å². The third-order valence-corrected chi connectivity index (χ3v) is 3.79. The number of ether oxygens (including phenoxy) is 1. The molecule has 1 unspecified atom stereocenters. The van der Waals surface area contributed by atoms with Crippen LogP contribution in [0.2, 0.25) is 0 Å². The SMILES string of the molecule is COc1cc2c(cc1NC(=O)NCCC(C)O)oc1ccccc12. The molecular formula is C18H20N2O4. The number of amides is 2. The second-order valence-electron chi connectivity index (χ2n) is 5.67. The van der Waals surface area contributed by atoms with Crippen molar-refractivity contribution in [2.75, 3.05) is 19.0 Å². The summed E-state index contributed by atoms with van der Waals surface area (Å²) in [4.78, 5) is 12.0. The highest BCUT2D eigenvalue weighted by atomic mass is 16.5. The van der Waals surface area contributed by atoms with Crippen LogP contribution >= 0.6 is 0 Å². The number of rotatable bonds is 5. The monoisotopic (exact) mass is 328 g/mol. The number of hydrogen-bond acceptors (Lipinski definition) is 4. The molecule has 0 fully saturated rings. The zero-order valence-corrected chi connectivity index (χ0v) is 13.6. The molecule has 0 aliphatic carbocycles. The lowest BCUT2D eigenvalue weighted by atomic mass is 10.1. The Morgan fingerprint density at radius 3 is 2.79 bits per heavy atom. The van der Waals surface area contributed by atoms with E-state index in [4.69, 9.17) is 9.15 Å². The summed E-state index contributed by atoms with van der Waals surface area (Å²) >= 11 is 0. The van der Waals surface area contributed by atoms with Gasteiger partial charge < -0.3 is 24.9 Å². The van der Waals surface area contributed by atoms with Crippen LogP contribution in [0.5, 0.6) is 5.75 Å². The molecule has 2 aromatic carbocycles. The number of urea groups is 1. The first kappa shape index (κ1) is 16.1. The molecule has 0 aliphatic rings. The standard InChI is InChI=1S/C18H20N2O4/c1-11(21)7-8-19-18(22)20-14-10-16-13(9-17(14)23-2)12-5-3-4-6-15(12)24-16/h3-6,9-11,21H,7-8H2,1-2H3,(H2,19,20,22). The highest BCUT2D eigenvalue weighted by Gasteiger charge is 2.13. The number of methoxy groups -OCH3 is 1. The number of para-hydroxylation sites is 1. The third kappa shape index (κ3) is 3.28. The molecule has 0 saturated carbocycles. The van der Waals surface area contributed by atoms with Crippen molar-refractivity contribution < 1.29 is 19.1 Å². The lowest BCUT2D eigenvalue weighted by Crippen LogP contribution is -2.31. The molecule has 6 nitrogen and oxygen atoms in total. The minimum absolute atomic E-state index is 0.357. The zero-order chi connectivity index (χ0) is 17.1. The Morgan fingerprint density at radius 2 is 2.04 bits per heavy atom. The number of fused-ring (bicyclic) bond motifs is 3. The lowest BCUT2D eigenvalue weighted by Gasteiger charge is -2.11. The number of anilines is 1. The number of aliphatic hydroxyl groups is 1. The van der Waals surface area contributed by atoms with Gasteiger partial charge in [-0.1, -0.05) is 18.2 Å². The number of carbonyl (C=O) groups is 1. The Balaban J connectivity index is 1.87. The summed E-state index contributed by atoms with van der Waals surface area (Å²) in [5.41, 5.74) is 1.99. The van der Waals surface area contributed by atoms with Crippen molar-refractivity contribution in [2.24, 2.45) is 0 Å². The summed E-state index contributed by atoms with van der Waals surface area (Å²) in [6.45, 7) is 2.07. The molecule has 0 spiro atoms. The largest absolute Gasteiger partial charge is 0.495 e. The van der Waals surface area contributed by atoms with Crippen LogP contribution in [0.25, 0.3) is 21.9 Å². The fourth-order valence-electron chi connectivity index (χ4n) is 2.58. The first-order valence-electron chi connectivity index (χ1n) is 7.80. The molecule has 0 radical (unpaired) electrons. The number of furan rings is 1. The first-order chi connectivity index (χ1) is 11.6. The number of benzene rings is 2. The minimum atomic E-state index is -0.452. The predicted octanol–water partition coefficient (Wildman–Crippen LogP) is 3.49. The molecule has 1 heterocycles. The molecular weight excluding hydrogens is 308 g/mol. The number of carbonyl (C=O) groups excluding carboxylic acids is 1. The molecule has 0 aliphatic heterocycles. The van der Waals surface area contributed by atoms with Crippen LogP contribution < -0.4 is 15.4 Å². The quantitative estimate of drug-likeness (QED) is 0.669. The summed E-state index contributed by atoms with van der Waals surface area (Å²) in [6.07, 6.45) is 0.0411. The smallest absolute Gasteiger partial charge is 0.319 e. The van der Waals surface area contributed by atoms with E-state index < -0.39 is 6.10 Å². The van der Waals surface area contributed by atoms with Crippen LogP contribution in [-0.4, -0.2) is 30.9 Å². The van der Waals surface area contributed by atoms with Crippen molar-refractivity contribution in [3.63, 3.8) is 0 Å². The molecule has 24 heavy (non-hydrogen) atoms. The van der Waals surface area contributed by atoms with Crippen molar-refractivity contribution in [1.82, 2.24) is 5.32 Å². The number of nitrogens with one attached hydrogen (secondary N) is 2. The average molecular weight is 328 g/mol. The van der Waals surface area contributed by atoms with E-state index in [-0.39, 0.29) is 6.03 Å². The Labute approximate surface area is 139 Å². The molecule has 3 rings (SSSR count). The maximum Gasteiger partial charge on any atom is 0.319 e. The molecule has 3 N–H and O–H groups in total. The molecule has 1 atom stereocenters. The first-order valence-corrected chi connectivity index (χ1v) is 7.80.